The summed E-state index contributed by atoms with van der Waals surface area (Å²) in [7, 11) is 0. The van der Waals surface area contributed by atoms with Crippen LogP contribution >= 0.6 is 0 Å². The molecule has 0 fully saturated rings. The van der Waals surface area contributed by atoms with Crippen molar-refractivity contribution in [2.24, 2.45) is 0 Å². The molecule has 0 saturated heterocycles. The van der Waals surface area contributed by atoms with Crippen molar-refractivity contribution in [1.82, 2.24) is 15.0 Å². The first-order valence-electron chi connectivity index (χ1n) is 4.91. The summed E-state index contributed by atoms with van der Waals surface area (Å²) >= 11 is 0. The number of nitrogens with zero attached hydrogens (tertiary/aromatic N) is 1. The van der Waals surface area contributed by atoms with Gasteiger partial charge in [-0.1, -0.05) is 0 Å². The molecule has 2 rings (SSSR count). The molecule has 8 heteroatoms. The fraction of sp³-hybridized carbons (Fsp3) is 0. The van der Waals surface area contributed by atoms with Crippen LogP contribution in [0.25, 0.3) is 0 Å². The van der Waals surface area contributed by atoms with Crippen LogP contribution in [0.15, 0.2) is 34.0 Å². The van der Waals surface area contributed by atoms with Crippen LogP contribution in [0.3, 0.4) is 0 Å². The van der Waals surface area contributed by atoms with Gasteiger partial charge in [0.1, 0.15) is 11.5 Å². The van der Waals surface area contributed by atoms with Gasteiger partial charge in [-0.25, -0.2) is 9.78 Å². The maximum Gasteiger partial charge on any atom is 0.326 e. The number of carbonyl (C=O) groups excluding carboxylic acids is 1. The smallest absolute Gasteiger partial charge is 0.326 e. The standard InChI is InChI=1S/C10H9N5O3/c11-7-2-1-5(4-12-7)13-9(17)6-3-8(16)15-10(18)14-6/h1-4H,(H2,11,12)(H,13,17)(H2,14,15,16,18). The van der Waals surface area contributed by atoms with Gasteiger partial charge >= 0.3 is 5.69 Å². The summed E-state index contributed by atoms with van der Waals surface area (Å²) in [5, 5.41) is 2.46. The summed E-state index contributed by atoms with van der Waals surface area (Å²) in [6, 6.07) is 4.04. The van der Waals surface area contributed by atoms with E-state index in [4.69, 9.17) is 5.73 Å². The second kappa shape index (κ2) is 4.53. The Morgan fingerprint density at radius 3 is 2.67 bits per heavy atom. The van der Waals surface area contributed by atoms with Gasteiger partial charge < -0.3 is 16.0 Å². The van der Waals surface area contributed by atoms with Crippen LogP contribution in [0.5, 0.6) is 0 Å². The van der Waals surface area contributed by atoms with Gasteiger partial charge in [0.2, 0.25) is 0 Å². The Labute approximate surface area is 99.9 Å². The molecule has 8 nitrogen and oxygen atoms in total. The minimum absolute atomic E-state index is 0.138. The molecule has 0 aromatic carbocycles. The highest BCUT2D eigenvalue weighted by atomic mass is 16.2. The van der Waals surface area contributed by atoms with Crippen molar-refractivity contribution >= 4 is 17.4 Å². The molecule has 0 aliphatic heterocycles. The lowest BCUT2D eigenvalue weighted by molar-refractivity contribution is 0.102. The lowest BCUT2D eigenvalue weighted by Crippen LogP contribution is -2.27. The van der Waals surface area contributed by atoms with E-state index >= 15 is 0 Å². The summed E-state index contributed by atoms with van der Waals surface area (Å²) < 4.78 is 0. The van der Waals surface area contributed by atoms with Crippen molar-refractivity contribution in [2.75, 3.05) is 11.1 Å². The number of hydrogen-bond donors (Lipinski definition) is 4. The molecule has 0 atom stereocenters. The van der Waals surface area contributed by atoms with E-state index in [0.717, 1.165) is 6.07 Å². The van der Waals surface area contributed by atoms with Crippen LogP contribution in [-0.2, 0) is 0 Å². The summed E-state index contributed by atoms with van der Waals surface area (Å²) in [6.45, 7) is 0. The van der Waals surface area contributed by atoms with Gasteiger partial charge in [0, 0.05) is 6.07 Å². The van der Waals surface area contributed by atoms with Crippen LogP contribution in [0.2, 0.25) is 0 Å². The maximum absolute atomic E-state index is 11.7. The number of aromatic nitrogens is 3. The third kappa shape index (κ3) is 2.61. The maximum atomic E-state index is 11.7. The fourth-order valence-electron chi connectivity index (χ4n) is 1.27. The molecule has 1 amide bonds. The number of aromatic amines is 2. The molecule has 92 valence electrons. The van der Waals surface area contributed by atoms with Crippen LogP contribution in [0, 0.1) is 0 Å². The zero-order valence-electron chi connectivity index (χ0n) is 9.06. The summed E-state index contributed by atoms with van der Waals surface area (Å²) in [5.74, 6) is -0.303. The minimum atomic E-state index is -0.747. The molecule has 0 bridgehead atoms. The molecule has 0 spiro atoms. The van der Waals surface area contributed by atoms with Crippen molar-refractivity contribution in [3.8, 4) is 0 Å². The number of nitrogens with one attached hydrogen (secondary N) is 3. The fourth-order valence-corrected chi connectivity index (χ4v) is 1.27. The first-order chi connectivity index (χ1) is 8.54. The zero-order valence-corrected chi connectivity index (χ0v) is 9.06. The third-order valence-electron chi connectivity index (χ3n) is 2.05. The van der Waals surface area contributed by atoms with E-state index in [1.54, 1.807) is 6.07 Å². The number of nitrogens with two attached hydrogens (primary N) is 1. The normalized spacial score (nSPS) is 10.0. The average molecular weight is 247 g/mol. The summed E-state index contributed by atoms with van der Waals surface area (Å²) in [4.78, 5) is 41.7. The van der Waals surface area contributed by atoms with Gasteiger partial charge in [-0.3, -0.25) is 14.6 Å². The van der Waals surface area contributed by atoms with Gasteiger partial charge in [0.15, 0.2) is 0 Å². The Bertz CT molecular complexity index is 657. The van der Waals surface area contributed by atoms with Gasteiger partial charge in [-0.15, -0.1) is 0 Å². The highest BCUT2D eigenvalue weighted by Crippen LogP contribution is 2.07. The van der Waals surface area contributed by atoms with Crippen LogP contribution in [0.1, 0.15) is 10.5 Å². The largest absolute Gasteiger partial charge is 0.384 e. The number of H-pyrrole nitrogens is 2. The molecule has 18 heavy (non-hydrogen) atoms. The molecule has 0 unspecified atom stereocenters. The van der Waals surface area contributed by atoms with E-state index in [0.29, 0.717) is 11.5 Å². The predicted molar refractivity (Wildman–Crippen MR) is 64.3 cm³/mol. The Morgan fingerprint density at radius 2 is 2.06 bits per heavy atom. The van der Waals surface area contributed by atoms with Gasteiger partial charge in [0.25, 0.3) is 11.5 Å². The van der Waals surface area contributed by atoms with E-state index in [1.807, 2.05) is 4.98 Å². The first-order valence-corrected chi connectivity index (χ1v) is 4.91. The predicted octanol–water partition coefficient (Wildman–Crippen LogP) is -0.707. The van der Waals surface area contributed by atoms with E-state index in [9.17, 15) is 14.4 Å². The zero-order chi connectivity index (χ0) is 13.1. The molecular formula is C10H9N5O3. The molecule has 0 saturated carbocycles. The Balaban J connectivity index is 2.24. The molecule has 2 aromatic rings. The Morgan fingerprint density at radius 1 is 1.28 bits per heavy atom. The highest BCUT2D eigenvalue weighted by molar-refractivity contribution is 6.02. The molecular weight excluding hydrogens is 238 g/mol. The first kappa shape index (κ1) is 11.6. The SMILES string of the molecule is Nc1ccc(NC(=O)c2cc(=O)[nH]c(=O)[nH]2)cn1. The van der Waals surface area contributed by atoms with Crippen molar-refractivity contribution in [3.05, 3.63) is 50.9 Å². The van der Waals surface area contributed by atoms with E-state index in [1.165, 1.54) is 12.3 Å². The third-order valence-corrected chi connectivity index (χ3v) is 2.05. The topological polar surface area (TPSA) is 134 Å². The van der Waals surface area contributed by atoms with Crippen molar-refractivity contribution < 1.29 is 4.79 Å². The van der Waals surface area contributed by atoms with Crippen LogP contribution < -0.4 is 22.3 Å². The number of amides is 1. The van der Waals surface area contributed by atoms with Crippen LogP contribution in [0.4, 0.5) is 11.5 Å². The second-order valence-electron chi connectivity index (χ2n) is 3.43. The average Bonchev–Trinajstić information content (AvgIpc) is 2.31. The van der Waals surface area contributed by atoms with E-state index in [-0.39, 0.29) is 5.69 Å². The molecule has 0 aliphatic carbocycles. The summed E-state index contributed by atoms with van der Waals surface area (Å²) in [6.07, 6.45) is 1.36. The quantitative estimate of drug-likeness (QED) is 0.556. The van der Waals surface area contributed by atoms with Crippen molar-refractivity contribution in [2.45, 2.75) is 0 Å². The van der Waals surface area contributed by atoms with Crippen molar-refractivity contribution in [3.63, 3.8) is 0 Å². The number of anilines is 2. The number of pyridine rings is 1. The molecule has 2 aromatic heterocycles. The number of rotatable bonds is 2. The number of carbonyl (C=O) groups is 1. The molecule has 5 N–H and O–H groups in total. The van der Waals surface area contributed by atoms with E-state index < -0.39 is 17.2 Å². The minimum Gasteiger partial charge on any atom is -0.384 e. The van der Waals surface area contributed by atoms with Gasteiger partial charge in [-0.05, 0) is 12.1 Å². The lowest BCUT2D eigenvalue weighted by Gasteiger charge is -2.04. The second-order valence-corrected chi connectivity index (χ2v) is 3.43. The van der Waals surface area contributed by atoms with Crippen molar-refractivity contribution in [1.29, 1.82) is 0 Å². The highest BCUT2D eigenvalue weighted by Gasteiger charge is 2.08. The number of hydrogen-bond acceptors (Lipinski definition) is 5. The number of nitrogen functional groups attached to an aromatic ring is 1. The molecule has 2 heterocycles. The Kier molecular flexibility index (Phi) is 2.92. The Hall–Kier alpha value is -2.90. The molecule has 0 radical (unpaired) electrons. The summed E-state index contributed by atoms with van der Waals surface area (Å²) in [5.41, 5.74) is 4.25. The monoisotopic (exact) mass is 247 g/mol. The van der Waals surface area contributed by atoms with Crippen LogP contribution in [-0.4, -0.2) is 20.9 Å². The van der Waals surface area contributed by atoms with E-state index in [2.05, 4.69) is 15.3 Å². The molecule has 0 aliphatic rings. The van der Waals surface area contributed by atoms with Gasteiger partial charge in [-0.2, -0.15) is 0 Å². The lowest BCUT2D eigenvalue weighted by atomic mass is 10.3. The van der Waals surface area contributed by atoms with Gasteiger partial charge in [0.05, 0.1) is 11.9 Å².